The van der Waals surface area contributed by atoms with E-state index in [0.717, 1.165) is 15.1 Å². The molecular formula is C13H12N4OS2. The molecule has 0 fully saturated rings. The summed E-state index contributed by atoms with van der Waals surface area (Å²) >= 11 is 3.12. The fraction of sp³-hybridized carbons (Fsp3) is 0.154. The van der Waals surface area contributed by atoms with Crippen LogP contribution in [0, 0.1) is 0 Å². The molecule has 3 aromatic rings. The van der Waals surface area contributed by atoms with Gasteiger partial charge in [-0.3, -0.25) is 14.8 Å². The zero-order chi connectivity index (χ0) is 14.1. The van der Waals surface area contributed by atoms with Crippen LogP contribution in [0.3, 0.4) is 0 Å². The number of anilines is 1. The van der Waals surface area contributed by atoms with Gasteiger partial charge < -0.3 is 0 Å². The lowest BCUT2D eigenvalue weighted by molar-refractivity contribution is 0.101. The van der Waals surface area contributed by atoms with Crippen LogP contribution in [0.5, 0.6) is 0 Å². The average molecular weight is 304 g/mol. The van der Waals surface area contributed by atoms with Crippen molar-refractivity contribution in [1.29, 1.82) is 0 Å². The summed E-state index contributed by atoms with van der Waals surface area (Å²) in [5.41, 5.74) is 1.44. The van der Waals surface area contributed by atoms with E-state index >= 15 is 0 Å². The first-order chi connectivity index (χ1) is 9.69. The van der Waals surface area contributed by atoms with Crippen molar-refractivity contribution < 1.29 is 4.79 Å². The molecule has 2 heterocycles. The number of carbonyl (C=O) groups is 1. The molecule has 1 aromatic carbocycles. The Labute approximate surface area is 124 Å². The number of carbonyl (C=O) groups excluding carboxylic acids is 1. The fourth-order valence-electron chi connectivity index (χ4n) is 1.90. The Hall–Kier alpha value is -1.86. The van der Waals surface area contributed by atoms with E-state index in [9.17, 15) is 4.79 Å². The van der Waals surface area contributed by atoms with E-state index < -0.39 is 0 Å². The van der Waals surface area contributed by atoms with Gasteiger partial charge in [0.25, 0.3) is 5.91 Å². The molecule has 0 atom stereocenters. The molecule has 1 amide bonds. The van der Waals surface area contributed by atoms with Crippen molar-refractivity contribution in [2.45, 2.75) is 4.90 Å². The molecule has 0 saturated carbocycles. The number of aryl methyl sites for hydroxylation is 1. The number of para-hydroxylation sites is 1. The minimum absolute atomic E-state index is 0.199. The van der Waals surface area contributed by atoms with Crippen LogP contribution in [-0.2, 0) is 7.05 Å². The van der Waals surface area contributed by atoms with Crippen LogP contribution in [0.1, 0.15) is 10.5 Å². The molecule has 0 radical (unpaired) electrons. The predicted octanol–water partition coefficient (Wildman–Crippen LogP) is 3.00. The summed E-state index contributed by atoms with van der Waals surface area (Å²) in [4.78, 5) is 17.7. The number of hydrogen-bond acceptors (Lipinski definition) is 5. The molecule has 5 nitrogen and oxygen atoms in total. The van der Waals surface area contributed by atoms with E-state index in [2.05, 4.69) is 15.4 Å². The van der Waals surface area contributed by atoms with Gasteiger partial charge in [0.05, 0.1) is 10.2 Å². The Balaban J connectivity index is 1.92. The van der Waals surface area contributed by atoms with Crippen LogP contribution in [-0.4, -0.2) is 26.9 Å². The van der Waals surface area contributed by atoms with E-state index in [0.29, 0.717) is 10.8 Å². The molecule has 2 aromatic heterocycles. The van der Waals surface area contributed by atoms with Gasteiger partial charge in [0.1, 0.15) is 5.69 Å². The first kappa shape index (κ1) is 13.1. The van der Waals surface area contributed by atoms with Gasteiger partial charge in [-0.25, -0.2) is 4.98 Å². The molecule has 0 aliphatic rings. The van der Waals surface area contributed by atoms with Gasteiger partial charge in [-0.2, -0.15) is 5.10 Å². The number of nitrogens with one attached hydrogen (secondary N) is 1. The number of thioether (sulfide) groups is 1. The van der Waals surface area contributed by atoms with Crippen molar-refractivity contribution in [3.8, 4) is 0 Å². The van der Waals surface area contributed by atoms with Crippen LogP contribution in [0.15, 0.2) is 35.4 Å². The first-order valence-electron chi connectivity index (χ1n) is 5.92. The molecule has 3 rings (SSSR count). The van der Waals surface area contributed by atoms with Gasteiger partial charge in [-0.05, 0) is 24.5 Å². The highest BCUT2D eigenvalue weighted by molar-refractivity contribution is 7.98. The number of benzene rings is 1. The third kappa shape index (κ3) is 2.30. The van der Waals surface area contributed by atoms with Crippen molar-refractivity contribution in [3.05, 3.63) is 36.2 Å². The van der Waals surface area contributed by atoms with E-state index in [1.54, 1.807) is 31.1 Å². The molecule has 0 bridgehead atoms. The molecule has 0 saturated heterocycles. The van der Waals surface area contributed by atoms with Crippen LogP contribution in [0.4, 0.5) is 5.13 Å². The van der Waals surface area contributed by atoms with Gasteiger partial charge >= 0.3 is 0 Å². The zero-order valence-corrected chi connectivity index (χ0v) is 12.6. The SMILES string of the molecule is CSc1cccc2sc(NC(=O)c3ccnn3C)nc12. The van der Waals surface area contributed by atoms with Crippen molar-refractivity contribution in [3.63, 3.8) is 0 Å². The minimum Gasteiger partial charge on any atom is -0.296 e. The number of rotatable bonds is 3. The van der Waals surface area contributed by atoms with Crippen molar-refractivity contribution in [2.75, 3.05) is 11.6 Å². The molecule has 1 N–H and O–H groups in total. The van der Waals surface area contributed by atoms with Crippen LogP contribution in [0.2, 0.25) is 0 Å². The topological polar surface area (TPSA) is 59.8 Å². The Morgan fingerprint density at radius 1 is 1.40 bits per heavy atom. The molecule has 0 spiro atoms. The predicted molar refractivity (Wildman–Crippen MR) is 82.6 cm³/mol. The normalized spacial score (nSPS) is 10.9. The number of nitrogens with zero attached hydrogens (tertiary/aromatic N) is 3. The lowest BCUT2D eigenvalue weighted by Crippen LogP contribution is -2.15. The van der Waals surface area contributed by atoms with E-state index in [1.165, 1.54) is 16.0 Å². The molecule has 20 heavy (non-hydrogen) atoms. The maximum Gasteiger partial charge on any atom is 0.275 e. The Morgan fingerprint density at radius 2 is 2.25 bits per heavy atom. The Kier molecular flexibility index (Phi) is 3.45. The van der Waals surface area contributed by atoms with E-state index in [1.807, 2.05) is 24.5 Å². The standard InChI is InChI=1S/C13H12N4OS2/c1-17-8(6-7-14-17)12(18)16-13-15-11-9(19-2)4-3-5-10(11)20-13/h3-7H,1-2H3,(H,15,16,18). The zero-order valence-electron chi connectivity index (χ0n) is 11.0. The lowest BCUT2D eigenvalue weighted by atomic mass is 10.3. The Bertz CT molecular complexity index is 778. The van der Waals surface area contributed by atoms with E-state index in [-0.39, 0.29) is 5.91 Å². The number of thiazole rings is 1. The molecular weight excluding hydrogens is 292 g/mol. The van der Waals surface area contributed by atoms with Crippen molar-refractivity contribution in [1.82, 2.24) is 14.8 Å². The second-order valence-corrected chi connectivity index (χ2v) is 6.00. The summed E-state index contributed by atoms with van der Waals surface area (Å²) in [5.74, 6) is -0.199. The Morgan fingerprint density at radius 3 is 2.95 bits per heavy atom. The smallest absolute Gasteiger partial charge is 0.275 e. The van der Waals surface area contributed by atoms with E-state index in [4.69, 9.17) is 0 Å². The minimum atomic E-state index is -0.199. The fourth-order valence-corrected chi connectivity index (χ4v) is 3.42. The molecule has 102 valence electrons. The summed E-state index contributed by atoms with van der Waals surface area (Å²) in [6, 6.07) is 7.71. The van der Waals surface area contributed by atoms with Gasteiger partial charge in [0.2, 0.25) is 0 Å². The third-order valence-electron chi connectivity index (χ3n) is 2.88. The highest BCUT2D eigenvalue weighted by Crippen LogP contribution is 2.32. The summed E-state index contributed by atoms with van der Waals surface area (Å²) in [5, 5.41) is 7.41. The lowest BCUT2D eigenvalue weighted by Gasteiger charge is -2.01. The quantitative estimate of drug-likeness (QED) is 0.756. The summed E-state index contributed by atoms with van der Waals surface area (Å²) in [6.07, 6.45) is 3.61. The summed E-state index contributed by atoms with van der Waals surface area (Å²) < 4.78 is 2.60. The highest BCUT2D eigenvalue weighted by atomic mass is 32.2. The highest BCUT2D eigenvalue weighted by Gasteiger charge is 2.13. The molecule has 0 unspecified atom stereocenters. The molecule has 0 aliphatic heterocycles. The van der Waals surface area contributed by atoms with Crippen molar-refractivity contribution >= 4 is 44.4 Å². The van der Waals surface area contributed by atoms with Gasteiger partial charge in [-0.1, -0.05) is 17.4 Å². The first-order valence-corrected chi connectivity index (χ1v) is 7.96. The largest absolute Gasteiger partial charge is 0.296 e. The number of fused-ring (bicyclic) bond motifs is 1. The molecule has 0 aliphatic carbocycles. The number of amides is 1. The number of aromatic nitrogens is 3. The second-order valence-electron chi connectivity index (χ2n) is 4.12. The van der Waals surface area contributed by atoms with Gasteiger partial charge in [-0.15, -0.1) is 11.8 Å². The van der Waals surface area contributed by atoms with Gasteiger partial charge in [0, 0.05) is 18.1 Å². The summed E-state index contributed by atoms with van der Waals surface area (Å²) in [7, 11) is 1.74. The molecule has 7 heteroatoms. The third-order valence-corrected chi connectivity index (χ3v) is 4.58. The monoisotopic (exact) mass is 304 g/mol. The van der Waals surface area contributed by atoms with Crippen LogP contribution >= 0.6 is 23.1 Å². The van der Waals surface area contributed by atoms with Gasteiger partial charge in [0.15, 0.2) is 5.13 Å². The average Bonchev–Trinajstić information content (AvgIpc) is 3.03. The maximum absolute atomic E-state index is 12.1. The van der Waals surface area contributed by atoms with Crippen molar-refractivity contribution in [2.24, 2.45) is 7.05 Å². The number of hydrogen-bond donors (Lipinski definition) is 1. The summed E-state index contributed by atoms with van der Waals surface area (Å²) in [6.45, 7) is 0. The van der Waals surface area contributed by atoms with Crippen LogP contribution < -0.4 is 5.32 Å². The maximum atomic E-state index is 12.1. The van der Waals surface area contributed by atoms with Crippen LogP contribution in [0.25, 0.3) is 10.2 Å². The second kappa shape index (κ2) is 5.26.